The molecule has 0 bridgehead atoms. The van der Waals surface area contributed by atoms with Crippen molar-refractivity contribution in [2.45, 2.75) is 13.8 Å². The lowest BCUT2D eigenvalue weighted by Crippen LogP contribution is -2.48. The maximum atomic E-state index is 12.8. The number of rotatable bonds is 4. The van der Waals surface area contributed by atoms with Crippen LogP contribution in [0.5, 0.6) is 0 Å². The summed E-state index contributed by atoms with van der Waals surface area (Å²) in [4.78, 5) is 48.7. The molecule has 2 heterocycles. The molecular formula is C20H23N5O4. The fourth-order valence-corrected chi connectivity index (χ4v) is 3.15. The summed E-state index contributed by atoms with van der Waals surface area (Å²) in [6.07, 6.45) is 0. The number of esters is 1. The fourth-order valence-electron chi connectivity index (χ4n) is 3.15. The van der Waals surface area contributed by atoms with E-state index in [2.05, 4.69) is 15.3 Å². The first kappa shape index (κ1) is 20.2. The molecule has 9 heteroatoms. The lowest BCUT2D eigenvalue weighted by atomic mass is 10.1. The summed E-state index contributed by atoms with van der Waals surface area (Å²) in [7, 11) is 1.28. The Hall–Kier alpha value is -3.49. The first-order chi connectivity index (χ1) is 13.9. The zero-order valence-corrected chi connectivity index (χ0v) is 16.6. The predicted molar refractivity (Wildman–Crippen MR) is 107 cm³/mol. The van der Waals surface area contributed by atoms with Gasteiger partial charge in [0.25, 0.3) is 5.91 Å². The number of methoxy groups -OCH3 is 1. The Kier molecular flexibility index (Phi) is 6.06. The molecule has 152 valence electrons. The van der Waals surface area contributed by atoms with E-state index in [1.54, 1.807) is 49.1 Å². The maximum absolute atomic E-state index is 12.8. The van der Waals surface area contributed by atoms with E-state index in [-0.39, 0.29) is 17.2 Å². The van der Waals surface area contributed by atoms with Gasteiger partial charge in [0.15, 0.2) is 0 Å². The number of carbonyl (C=O) groups is 3. The predicted octanol–water partition coefficient (Wildman–Crippen LogP) is 1.49. The number of nitrogens with zero attached hydrogens (tertiary/aromatic N) is 4. The molecule has 2 amide bonds. The number of aromatic nitrogens is 2. The van der Waals surface area contributed by atoms with Gasteiger partial charge >= 0.3 is 5.97 Å². The van der Waals surface area contributed by atoms with Crippen molar-refractivity contribution < 1.29 is 19.1 Å². The zero-order valence-electron chi connectivity index (χ0n) is 16.6. The molecule has 0 saturated carbocycles. The van der Waals surface area contributed by atoms with Gasteiger partial charge in [-0.1, -0.05) is 12.1 Å². The molecular weight excluding hydrogens is 374 g/mol. The van der Waals surface area contributed by atoms with Gasteiger partial charge in [-0.3, -0.25) is 9.59 Å². The van der Waals surface area contributed by atoms with Gasteiger partial charge < -0.3 is 19.9 Å². The maximum Gasteiger partial charge on any atom is 0.339 e. The summed E-state index contributed by atoms with van der Waals surface area (Å²) in [5.41, 5.74) is 0.799. The summed E-state index contributed by atoms with van der Waals surface area (Å²) in [5.74, 6) is 0.155. The number of hydrogen-bond acceptors (Lipinski definition) is 7. The quantitative estimate of drug-likeness (QED) is 0.780. The minimum Gasteiger partial charge on any atom is -0.465 e. The van der Waals surface area contributed by atoms with Crippen molar-refractivity contribution >= 4 is 29.3 Å². The molecule has 1 N–H and O–H groups in total. The average Bonchev–Trinajstić information content (AvgIpc) is 2.73. The van der Waals surface area contributed by atoms with Crippen molar-refractivity contribution in [3.05, 3.63) is 47.4 Å². The van der Waals surface area contributed by atoms with Crippen molar-refractivity contribution in [1.82, 2.24) is 14.9 Å². The van der Waals surface area contributed by atoms with Crippen LogP contribution in [0.25, 0.3) is 0 Å². The topological polar surface area (TPSA) is 105 Å². The van der Waals surface area contributed by atoms with E-state index < -0.39 is 11.9 Å². The van der Waals surface area contributed by atoms with E-state index in [1.165, 1.54) is 7.11 Å². The molecule has 29 heavy (non-hydrogen) atoms. The molecule has 3 rings (SSSR count). The van der Waals surface area contributed by atoms with E-state index in [0.29, 0.717) is 43.5 Å². The summed E-state index contributed by atoms with van der Waals surface area (Å²) in [6, 6.07) is 8.22. The van der Waals surface area contributed by atoms with Crippen LogP contribution in [-0.4, -0.2) is 65.9 Å². The smallest absolute Gasteiger partial charge is 0.339 e. The summed E-state index contributed by atoms with van der Waals surface area (Å²) < 4.78 is 4.76. The summed E-state index contributed by atoms with van der Waals surface area (Å²) in [6.45, 7) is 5.73. The molecule has 0 radical (unpaired) electrons. The third kappa shape index (κ3) is 4.68. The van der Waals surface area contributed by atoms with Gasteiger partial charge in [-0.2, -0.15) is 0 Å². The highest BCUT2D eigenvalue weighted by molar-refractivity contribution is 6.07. The van der Waals surface area contributed by atoms with E-state index in [9.17, 15) is 14.4 Å². The highest BCUT2D eigenvalue weighted by Crippen LogP contribution is 2.19. The molecule has 1 aliphatic rings. The minimum atomic E-state index is -0.538. The Morgan fingerprint density at radius 3 is 2.41 bits per heavy atom. The number of ether oxygens (including phenoxy) is 1. The molecule has 1 aliphatic heterocycles. The Bertz CT molecular complexity index is 938. The third-order valence-electron chi connectivity index (χ3n) is 4.69. The molecule has 0 aliphatic carbocycles. The Balaban J connectivity index is 1.79. The highest BCUT2D eigenvalue weighted by Gasteiger charge is 2.22. The molecule has 9 nitrogen and oxygen atoms in total. The highest BCUT2D eigenvalue weighted by atomic mass is 16.5. The van der Waals surface area contributed by atoms with E-state index in [0.717, 1.165) is 0 Å². The number of amides is 2. The molecule has 1 aromatic carbocycles. The second kappa shape index (κ2) is 8.68. The number of carbonyl (C=O) groups excluding carboxylic acids is 3. The second-order valence-corrected chi connectivity index (χ2v) is 6.64. The number of aryl methyl sites for hydroxylation is 1. The third-order valence-corrected chi connectivity index (χ3v) is 4.69. The largest absolute Gasteiger partial charge is 0.465 e. The number of benzene rings is 1. The Morgan fingerprint density at radius 2 is 1.76 bits per heavy atom. The van der Waals surface area contributed by atoms with Gasteiger partial charge in [0.2, 0.25) is 5.91 Å². The van der Waals surface area contributed by atoms with Gasteiger partial charge in [0.05, 0.1) is 18.4 Å². The SMILES string of the molecule is COC(=O)c1ccccc1NC(=O)c1cc(N2CCN(C(C)=O)CC2)nc(C)n1. The average molecular weight is 397 g/mol. The zero-order chi connectivity index (χ0) is 21.0. The van der Waals surface area contributed by atoms with Crippen molar-refractivity contribution in [2.24, 2.45) is 0 Å². The van der Waals surface area contributed by atoms with Crippen LogP contribution in [0.4, 0.5) is 11.5 Å². The molecule has 2 aromatic rings. The van der Waals surface area contributed by atoms with E-state index in [4.69, 9.17) is 4.74 Å². The normalized spacial score (nSPS) is 13.8. The molecule has 1 saturated heterocycles. The number of hydrogen-bond donors (Lipinski definition) is 1. The summed E-state index contributed by atoms with van der Waals surface area (Å²) in [5, 5.41) is 2.72. The number of nitrogens with one attached hydrogen (secondary N) is 1. The van der Waals surface area contributed by atoms with Gasteiger partial charge in [-0.15, -0.1) is 0 Å². The van der Waals surface area contributed by atoms with Crippen molar-refractivity contribution in [1.29, 1.82) is 0 Å². The van der Waals surface area contributed by atoms with Crippen LogP contribution in [0.15, 0.2) is 30.3 Å². The first-order valence-corrected chi connectivity index (χ1v) is 9.24. The molecule has 1 aromatic heterocycles. The van der Waals surface area contributed by atoms with Crippen LogP contribution in [0.1, 0.15) is 33.6 Å². The van der Waals surface area contributed by atoms with Gasteiger partial charge in [-0.25, -0.2) is 14.8 Å². The Morgan fingerprint density at radius 1 is 1.07 bits per heavy atom. The van der Waals surface area contributed by atoms with Crippen LogP contribution in [0, 0.1) is 6.92 Å². The van der Waals surface area contributed by atoms with Crippen LogP contribution in [0.2, 0.25) is 0 Å². The molecule has 0 unspecified atom stereocenters. The lowest BCUT2D eigenvalue weighted by molar-refractivity contribution is -0.129. The van der Waals surface area contributed by atoms with Crippen molar-refractivity contribution in [3.8, 4) is 0 Å². The number of para-hydroxylation sites is 1. The summed E-state index contributed by atoms with van der Waals surface area (Å²) >= 11 is 0. The van der Waals surface area contributed by atoms with Crippen LogP contribution < -0.4 is 10.2 Å². The second-order valence-electron chi connectivity index (χ2n) is 6.64. The molecule has 1 fully saturated rings. The van der Waals surface area contributed by atoms with Crippen molar-refractivity contribution in [3.63, 3.8) is 0 Å². The van der Waals surface area contributed by atoms with Crippen LogP contribution in [0.3, 0.4) is 0 Å². The van der Waals surface area contributed by atoms with Gasteiger partial charge in [0, 0.05) is 39.2 Å². The Labute approximate surface area is 168 Å². The first-order valence-electron chi connectivity index (χ1n) is 9.24. The van der Waals surface area contributed by atoms with E-state index >= 15 is 0 Å². The molecule has 0 atom stereocenters. The van der Waals surface area contributed by atoms with E-state index in [1.807, 2.05) is 4.90 Å². The van der Waals surface area contributed by atoms with Crippen LogP contribution >= 0.6 is 0 Å². The van der Waals surface area contributed by atoms with Crippen molar-refractivity contribution in [2.75, 3.05) is 43.5 Å². The number of piperazine rings is 1. The number of anilines is 2. The van der Waals surface area contributed by atoms with Gasteiger partial charge in [0.1, 0.15) is 17.3 Å². The lowest BCUT2D eigenvalue weighted by Gasteiger charge is -2.35. The fraction of sp³-hybridized carbons (Fsp3) is 0.350. The van der Waals surface area contributed by atoms with Gasteiger partial charge in [-0.05, 0) is 19.1 Å². The molecule has 0 spiro atoms. The van der Waals surface area contributed by atoms with Crippen LogP contribution in [-0.2, 0) is 9.53 Å². The monoisotopic (exact) mass is 397 g/mol. The standard InChI is InChI=1S/C20H23N5O4/c1-13-21-17(12-18(22-13)25-10-8-24(9-11-25)14(2)26)19(27)23-16-7-5-4-6-15(16)20(28)29-3/h4-7,12H,8-11H2,1-3H3,(H,23,27). The minimum absolute atomic E-state index is 0.0489.